The number of carbonyl (C=O) groups excluding carboxylic acids is 1. The molecular weight excluding hydrogens is 474 g/mol. The van der Waals surface area contributed by atoms with Gasteiger partial charge in [0.25, 0.3) is 5.91 Å². The molecule has 0 radical (unpaired) electrons. The van der Waals surface area contributed by atoms with Gasteiger partial charge in [-0.05, 0) is 66.2 Å². The Morgan fingerprint density at radius 1 is 0.861 bits per heavy atom. The van der Waals surface area contributed by atoms with E-state index in [1.807, 2.05) is 66.7 Å². The lowest BCUT2D eigenvalue weighted by Gasteiger charge is -2.17. The van der Waals surface area contributed by atoms with Gasteiger partial charge in [0.2, 0.25) is 15.9 Å². The van der Waals surface area contributed by atoms with E-state index < -0.39 is 10.0 Å². The molecule has 0 aliphatic carbocycles. The third-order valence-corrected chi connectivity index (χ3v) is 7.57. The summed E-state index contributed by atoms with van der Waals surface area (Å²) in [7, 11) is -2.16. The number of anilines is 1. The average molecular weight is 498 g/mol. The average Bonchev–Trinajstić information content (AvgIpc) is 3.34. The summed E-state index contributed by atoms with van der Waals surface area (Å²) in [5.74, 6) is 0.161. The molecule has 1 amide bonds. The molecule has 0 unspecified atom stereocenters. The van der Waals surface area contributed by atoms with Crippen LogP contribution in [0.3, 0.4) is 0 Å². The normalized spacial score (nSPS) is 11.6. The van der Waals surface area contributed by atoms with E-state index in [2.05, 4.69) is 10.3 Å². The molecule has 0 aliphatic heterocycles. The van der Waals surface area contributed by atoms with Crippen molar-refractivity contribution in [3.8, 4) is 11.5 Å². The third kappa shape index (κ3) is 4.91. The molecule has 8 heteroatoms. The molecule has 0 bridgehead atoms. The molecule has 36 heavy (non-hydrogen) atoms. The van der Waals surface area contributed by atoms with Gasteiger partial charge >= 0.3 is 0 Å². The predicted molar refractivity (Wildman–Crippen MR) is 139 cm³/mol. The van der Waals surface area contributed by atoms with Crippen molar-refractivity contribution in [3.63, 3.8) is 0 Å². The van der Waals surface area contributed by atoms with Crippen LogP contribution in [0.15, 0.2) is 112 Å². The van der Waals surface area contributed by atoms with E-state index in [1.165, 1.54) is 35.6 Å². The fraction of sp³-hybridized carbons (Fsp3) is 0.0714. The zero-order valence-electron chi connectivity index (χ0n) is 19.5. The highest BCUT2D eigenvalue weighted by molar-refractivity contribution is 7.89. The van der Waals surface area contributed by atoms with Gasteiger partial charge in [0.1, 0.15) is 5.52 Å². The van der Waals surface area contributed by atoms with E-state index in [9.17, 15) is 13.2 Å². The number of nitrogens with one attached hydrogen (secondary N) is 1. The van der Waals surface area contributed by atoms with Crippen LogP contribution in [0, 0.1) is 0 Å². The van der Waals surface area contributed by atoms with Crippen LogP contribution in [-0.2, 0) is 16.6 Å². The summed E-state index contributed by atoms with van der Waals surface area (Å²) >= 11 is 0. The SMILES string of the molecule is CN(Cc1ccccc1)S(=O)(=O)c1ccc(C(=O)Nc2ccc(-c3nc4ccccc4o3)cc2)cc1. The van der Waals surface area contributed by atoms with Gasteiger partial charge in [-0.3, -0.25) is 4.79 Å². The highest BCUT2D eigenvalue weighted by Gasteiger charge is 2.21. The van der Waals surface area contributed by atoms with Gasteiger partial charge in [0.15, 0.2) is 5.58 Å². The number of amides is 1. The van der Waals surface area contributed by atoms with Crippen LogP contribution in [0.1, 0.15) is 15.9 Å². The second kappa shape index (κ2) is 9.77. The number of oxazole rings is 1. The Labute approximate surface area is 209 Å². The van der Waals surface area contributed by atoms with E-state index in [4.69, 9.17) is 4.42 Å². The zero-order valence-corrected chi connectivity index (χ0v) is 20.3. The number of carbonyl (C=O) groups is 1. The van der Waals surface area contributed by atoms with Crippen molar-refractivity contribution in [1.82, 2.24) is 9.29 Å². The maximum absolute atomic E-state index is 12.9. The minimum Gasteiger partial charge on any atom is -0.436 e. The molecule has 1 heterocycles. The summed E-state index contributed by atoms with van der Waals surface area (Å²) in [6.07, 6.45) is 0. The van der Waals surface area contributed by atoms with Gasteiger partial charge in [0.05, 0.1) is 4.90 Å². The van der Waals surface area contributed by atoms with Crippen molar-refractivity contribution in [2.24, 2.45) is 0 Å². The molecule has 0 fully saturated rings. The van der Waals surface area contributed by atoms with Crippen LogP contribution in [0.4, 0.5) is 5.69 Å². The van der Waals surface area contributed by atoms with Gasteiger partial charge in [-0.1, -0.05) is 42.5 Å². The lowest BCUT2D eigenvalue weighted by molar-refractivity contribution is 0.102. The summed E-state index contributed by atoms with van der Waals surface area (Å²) in [5.41, 5.74) is 4.12. The van der Waals surface area contributed by atoms with Crippen LogP contribution in [0.2, 0.25) is 0 Å². The third-order valence-electron chi connectivity index (χ3n) is 5.76. The maximum Gasteiger partial charge on any atom is 0.255 e. The Morgan fingerprint density at radius 2 is 1.53 bits per heavy atom. The number of aromatic nitrogens is 1. The van der Waals surface area contributed by atoms with E-state index in [1.54, 1.807) is 12.1 Å². The topological polar surface area (TPSA) is 92.5 Å². The van der Waals surface area contributed by atoms with Crippen LogP contribution < -0.4 is 5.32 Å². The van der Waals surface area contributed by atoms with Gasteiger partial charge in [-0.2, -0.15) is 4.31 Å². The first-order chi connectivity index (χ1) is 17.4. The molecular formula is C28H23N3O4S. The van der Waals surface area contributed by atoms with Crippen molar-refractivity contribution in [3.05, 3.63) is 114 Å². The zero-order chi connectivity index (χ0) is 25.1. The fourth-order valence-corrected chi connectivity index (χ4v) is 4.94. The Morgan fingerprint density at radius 3 is 2.22 bits per heavy atom. The van der Waals surface area contributed by atoms with Gasteiger partial charge < -0.3 is 9.73 Å². The summed E-state index contributed by atoms with van der Waals surface area (Å²) in [4.78, 5) is 17.3. The molecule has 4 aromatic carbocycles. The monoisotopic (exact) mass is 497 g/mol. The second-order valence-corrected chi connectivity index (χ2v) is 10.3. The first-order valence-corrected chi connectivity index (χ1v) is 12.7. The predicted octanol–water partition coefficient (Wildman–Crippen LogP) is 5.57. The van der Waals surface area contributed by atoms with Crippen LogP contribution >= 0.6 is 0 Å². The molecule has 0 spiro atoms. The van der Waals surface area contributed by atoms with Crippen LogP contribution in [-0.4, -0.2) is 30.7 Å². The van der Waals surface area contributed by atoms with Crippen molar-refractivity contribution in [2.45, 2.75) is 11.4 Å². The number of sulfonamides is 1. The van der Waals surface area contributed by atoms with Gasteiger partial charge in [-0.25, -0.2) is 13.4 Å². The molecule has 0 atom stereocenters. The molecule has 1 N–H and O–H groups in total. The molecule has 0 saturated heterocycles. The number of nitrogens with zero attached hydrogens (tertiary/aromatic N) is 2. The fourth-order valence-electron chi connectivity index (χ4n) is 3.78. The standard InChI is InChI=1S/C28H23N3O4S/c1-31(19-20-7-3-2-4-8-20)36(33,34)24-17-13-21(14-18-24)27(32)29-23-15-11-22(12-16-23)28-30-25-9-5-6-10-26(25)35-28/h2-18H,19H2,1H3,(H,29,32). The summed E-state index contributed by atoms with van der Waals surface area (Å²) in [6, 6.07) is 30.0. The Kier molecular flexibility index (Phi) is 6.37. The number of hydrogen-bond acceptors (Lipinski definition) is 5. The minimum absolute atomic E-state index is 0.125. The van der Waals surface area contributed by atoms with Crippen LogP contribution in [0.25, 0.3) is 22.6 Å². The van der Waals surface area contributed by atoms with E-state index in [-0.39, 0.29) is 17.3 Å². The highest BCUT2D eigenvalue weighted by Crippen LogP contribution is 2.25. The largest absolute Gasteiger partial charge is 0.436 e. The second-order valence-electron chi connectivity index (χ2n) is 8.29. The van der Waals surface area contributed by atoms with E-state index in [0.717, 1.165) is 16.6 Å². The quantitative estimate of drug-likeness (QED) is 0.317. The van der Waals surface area contributed by atoms with Crippen molar-refractivity contribution < 1.29 is 17.6 Å². The number of fused-ring (bicyclic) bond motifs is 1. The first-order valence-electron chi connectivity index (χ1n) is 11.3. The van der Waals surface area contributed by atoms with Gasteiger partial charge in [-0.15, -0.1) is 0 Å². The molecule has 1 aromatic heterocycles. The first kappa shape index (κ1) is 23.5. The summed E-state index contributed by atoms with van der Waals surface area (Å²) < 4.78 is 32.9. The lowest BCUT2D eigenvalue weighted by atomic mass is 10.2. The molecule has 7 nitrogen and oxygen atoms in total. The number of benzene rings is 4. The Balaban J connectivity index is 1.25. The van der Waals surface area contributed by atoms with E-state index in [0.29, 0.717) is 22.7 Å². The maximum atomic E-state index is 12.9. The van der Waals surface area contributed by atoms with Crippen LogP contribution in [0.5, 0.6) is 0 Å². The minimum atomic E-state index is -3.69. The molecule has 0 aliphatic rings. The van der Waals surface area contributed by atoms with Crippen molar-refractivity contribution in [2.75, 3.05) is 12.4 Å². The molecule has 180 valence electrons. The molecule has 5 rings (SSSR count). The number of para-hydroxylation sites is 2. The van der Waals surface area contributed by atoms with Crippen molar-refractivity contribution >= 4 is 32.7 Å². The summed E-state index contributed by atoms with van der Waals surface area (Å²) in [6.45, 7) is 0.255. The summed E-state index contributed by atoms with van der Waals surface area (Å²) in [5, 5.41) is 2.83. The Hall–Kier alpha value is -4.27. The van der Waals surface area contributed by atoms with E-state index >= 15 is 0 Å². The number of rotatable bonds is 7. The van der Waals surface area contributed by atoms with Crippen molar-refractivity contribution in [1.29, 1.82) is 0 Å². The lowest BCUT2D eigenvalue weighted by Crippen LogP contribution is -2.26. The Bertz CT molecular complexity index is 1580. The highest BCUT2D eigenvalue weighted by atomic mass is 32.2. The number of hydrogen-bond donors (Lipinski definition) is 1. The molecule has 0 saturated carbocycles. The molecule has 5 aromatic rings. The smallest absolute Gasteiger partial charge is 0.255 e. The van der Waals surface area contributed by atoms with Gasteiger partial charge in [0, 0.05) is 30.4 Å².